The van der Waals surface area contributed by atoms with Crippen LogP contribution >= 0.6 is 11.6 Å². The number of carbonyl (C=O) groups is 1. The zero-order chi connectivity index (χ0) is 17.8. The number of amides is 1. The third-order valence-electron chi connectivity index (χ3n) is 4.74. The molecule has 2 aromatic carbocycles. The van der Waals surface area contributed by atoms with Gasteiger partial charge in [0.15, 0.2) is 6.10 Å². The van der Waals surface area contributed by atoms with Gasteiger partial charge in [-0.3, -0.25) is 4.79 Å². The molecule has 3 rings (SSSR count). The van der Waals surface area contributed by atoms with E-state index in [0.717, 1.165) is 0 Å². The van der Waals surface area contributed by atoms with Crippen molar-refractivity contribution in [3.63, 3.8) is 0 Å². The van der Waals surface area contributed by atoms with Gasteiger partial charge >= 0.3 is 0 Å². The summed E-state index contributed by atoms with van der Waals surface area (Å²) in [7, 11) is 0. The van der Waals surface area contributed by atoms with Gasteiger partial charge in [0, 0.05) is 24.0 Å². The third-order valence-corrected chi connectivity index (χ3v) is 4.97. The number of rotatable bonds is 5. The van der Waals surface area contributed by atoms with Crippen molar-refractivity contribution >= 4 is 17.5 Å². The molecule has 5 heteroatoms. The van der Waals surface area contributed by atoms with Crippen LogP contribution in [0.15, 0.2) is 54.6 Å². The molecule has 25 heavy (non-hydrogen) atoms. The number of hydrogen-bond donors (Lipinski definition) is 1. The van der Waals surface area contributed by atoms with Gasteiger partial charge in [-0.25, -0.2) is 0 Å². The highest BCUT2D eigenvalue weighted by molar-refractivity contribution is 6.30. The lowest BCUT2D eigenvalue weighted by molar-refractivity contribution is -0.137. The van der Waals surface area contributed by atoms with E-state index in [1.807, 2.05) is 23.1 Å². The van der Waals surface area contributed by atoms with E-state index in [0.29, 0.717) is 30.4 Å². The zero-order valence-corrected chi connectivity index (χ0v) is 15.0. The van der Waals surface area contributed by atoms with E-state index in [9.17, 15) is 4.79 Å². The molecule has 1 amide bonds. The normalized spacial score (nSPS) is 21.2. The average Bonchev–Trinajstić information content (AvgIpc) is 3.06. The van der Waals surface area contributed by atoms with Gasteiger partial charge in [0.05, 0.1) is 0 Å². The van der Waals surface area contributed by atoms with Crippen LogP contribution in [-0.4, -0.2) is 36.5 Å². The smallest absolute Gasteiger partial charge is 0.263 e. The molecular weight excluding hydrogens is 336 g/mol. The summed E-state index contributed by atoms with van der Waals surface area (Å²) >= 11 is 5.97. The molecule has 0 saturated carbocycles. The van der Waals surface area contributed by atoms with Crippen LogP contribution in [0.4, 0.5) is 0 Å². The van der Waals surface area contributed by atoms with Crippen molar-refractivity contribution in [2.24, 2.45) is 11.7 Å². The van der Waals surface area contributed by atoms with E-state index in [1.54, 1.807) is 31.2 Å². The van der Waals surface area contributed by atoms with Crippen LogP contribution in [0.1, 0.15) is 18.4 Å². The fourth-order valence-electron chi connectivity index (χ4n) is 3.42. The predicted octanol–water partition coefficient (Wildman–Crippen LogP) is 3.31. The minimum absolute atomic E-state index is 0.0168. The summed E-state index contributed by atoms with van der Waals surface area (Å²) in [5.74, 6) is 1.12. The molecule has 2 N–H and O–H groups in total. The lowest BCUT2D eigenvalue weighted by Crippen LogP contribution is -2.39. The van der Waals surface area contributed by atoms with Crippen LogP contribution < -0.4 is 10.5 Å². The molecule has 1 fully saturated rings. The summed E-state index contributed by atoms with van der Waals surface area (Å²) in [5, 5.41) is 0.589. The molecule has 1 unspecified atom stereocenters. The molecule has 3 atom stereocenters. The Bertz CT molecular complexity index is 723. The molecular formula is C20H23ClN2O2. The minimum atomic E-state index is -0.564. The Morgan fingerprint density at radius 1 is 1.24 bits per heavy atom. The Kier molecular flexibility index (Phi) is 5.61. The lowest BCUT2D eigenvalue weighted by atomic mass is 9.89. The molecule has 0 aromatic heterocycles. The van der Waals surface area contributed by atoms with Crippen molar-refractivity contribution in [2.75, 3.05) is 19.6 Å². The second-order valence-electron chi connectivity index (χ2n) is 6.47. The highest BCUT2D eigenvalue weighted by Gasteiger charge is 2.37. The van der Waals surface area contributed by atoms with E-state index in [-0.39, 0.29) is 17.7 Å². The Labute approximate surface area is 153 Å². The van der Waals surface area contributed by atoms with Crippen molar-refractivity contribution in [3.8, 4) is 5.75 Å². The molecule has 4 nitrogen and oxygen atoms in total. The SMILES string of the molecule is CC(Oc1cccc(Cl)c1)C(=O)N1C[C@@H](CN)[C@H](c2ccccc2)C1. The van der Waals surface area contributed by atoms with Crippen molar-refractivity contribution in [2.45, 2.75) is 18.9 Å². The highest BCUT2D eigenvalue weighted by atomic mass is 35.5. The first-order valence-corrected chi connectivity index (χ1v) is 8.92. The fraction of sp³-hybridized carbons (Fsp3) is 0.350. The molecule has 1 aliphatic rings. The van der Waals surface area contributed by atoms with Crippen LogP contribution in [0.25, 0.3) is 0 Å². The second kappa shape index (κ2) is 7.89. The Balaban J connectivity index is 1.68. The molecule has 0 aliphatic carbocycles. The van der Waals surface area contributed by atoms with Crippen molar-refractivity contribution in [1.29, 1.82) is 0 Å². The number of halogens is 1. The average molecular weight is 359 g/mol. The first-order valence-electron chi connectivity index (χ1n) is 8.54. The van der Waals surface area contributed by atoms with Crippen LogP contribution in [-0.2, 0) is 4.79 Å². The number of likely N-dealkylation sites (tertiary alicyclic amines) is 1. The standard InChI is InChI=1S/C20H23ClN2O2/c1-14(25-18-9-5-8-17(21)10-18)20(24)23-12-16(11-22)19(13-23)15-6-3-2-4-7-15/h2-10,14,16,19H,11-13,22H2,1H3/t14?,16-,19+/m1/s1. The summed E-state index contributed by atoms with van der Waals surface area (Å²) in [5.41, 5.74) is 7.19. The Morgan fingerprint density at radius 3 is 2.68 bits per heavy atom. The Morgan fingerprint density at radius 2 is 2.00 bits per heavy atom. The van der Waals surface area contributed by atoms with Gasteiger partial charge in [-0.2, -0.15) is 0 Å². The van der Waals surface area contributed by atoms with Gasteiger partial charge < -0.3 is 15.4 Å². The van der Waals surface area contributed by atoms with Gasteiger partial charge in [0.25, 0.3) is 5.91 Å². The number of nitrogens with two attached hydrogens (primary N) is 1. The van der Waals surface area contributed by atoms with Crippen LogP contribution in [0.3, 0.4) is 0 Å². The van der Waals surface area contributed by atoms with Crippen LogP contribution in [0, 0.1) is 5.92 Å². The molecule has 2 aromatic rings. The first kappa shape index (κ1) is 17.8. The summed E-state index contributed by atoms with van der Waals surface area (Å²) in [4.78, 5) is 14.7. The molecule has 1 saturated heterocycles. The largest absolute Gasteiger partial charge is 0.481 e. The number of hydrogen-bond acceptors (Lipinski definition) is 3. The van der Waals surface area contributed by atoms with Crippen molar-refractivity contribution < 1.29 is 9.53 Å². The van der Waals surface area contributed by atoms with E-state index in [4.69, 9.17) is 22.1 Å². The maximum Gasteiger partial charge on any atom is 0.263 e. The third kappa shape index (κ3) is 4.14. The predicted molar refractivity (Wildman–Crippen MR) is 99.8 cm³/mol. The maximum atomic E-state index is 12.8. The summed E-state index contributed by atoms with van der Waals surface area (Å²) in [6.07, 6.45) is -0.564. The van der Waals surface area contributed by atoms with Gasteiger partial charge in [0.1, 0.15) is 5.75 Å². The molecule has 0 radical (unpaired) electrons. The van der Waals surface area contributed by atoms with Crippen LogP contribution in [0.5, 0.6) is 5.75 Å². The number of benzene rings is 2. The maximum absolute atomic E-state index is 12.8. The second-order valence-corrected chi connectivity index (χ2v) is 6.91. The number of ether oxygens (including phenoxy) is 1. The van der Waals surface area contributed by atoms with Gasteiger partial charge in [-0.15, -0.1) is 0 Å². The van der Waals surface area contributed by atoms with Crippen molar-refractivity contribution in [3.05, 3.63) is 65.2 Å². The zero-order valence-electron chi connectivity index (χ0n) is 14.3. The van der Waals surface area contributed by atoms with E-state index < -0.39 is 6.10 Å². The molecule has 1 heterocycles. The monoisotopic (exact) mass is 358 g/mol. The first-order chi connectivity index (χ1) is 12.1. The van der Waals surface area contributed by atoms with E-state index in [2.05, 4.69) is 12.1 Å². The van der Waals surface area contributed by atoms with Gasteiger partial charge in [0.2, 0.25) is 0 Å². The molecule has 0 spiro atoms. The highest BCUT2D eigenvalue weighted by Crippen LogP contribution is 2.32. The topological polar surface area (TPSA) is 55.6 Å². The lowest BCUT2D eigenvalue weighted by Gasteiger charge is -2.22. The van der Waals surface area contributed by atoms with Crippen LogP contribution in [0.2, 0.25) is 5.02 Å². The van der Waals surface area contributed by atoms with Gasteiger partial charge in [-0.1, -0.05) is 48.0 Å². The molecule has 132 valence electrons. The van der Waals surface area contributed by atoms with E-state index in [1.165, 1.54) is 5.56 Å². The molecule has 0 bridgehead atoms. The Hall–Kier alpha value is -2.04. The van der Waals surface area contributed by atoms with Gasteiger partial charge in [-0.05, 0) is 43.1 Å². The number of carbonyl (C=O) groups excluding carboxylic acids is 1. The summed E-state index contributed by atoms with van der Waals surface area (Å²) < 4.78 is 5.77. The quantitative estimate of drug-likeness (QED) is 0.892. The summed E-state index contributed by atoms with van der Waals surface area (Å²) in [6.45, 7) is 3.68. The summed E-state index contributed by atoms with van der Waals surface area (Å²) in [6, 6.07) is 17.4. The van der Waals surface area contributed by atoms with E-state index >= 15 is 0 Å². The number of nitrogens with zero attached hydrogens (tertiary/aromatic N) is 1. The molecule has 1 aliphatic heterocycles. The minimum Gasteiger partial charge on any atom is -0.481 e. The van der Waals surface area contributed by atoms with Crippen molar-refractivity contribution in [1.82, 2.24) is 4.90 Å². The fourth-order valence-corrected chi connectivity index (χ4v) is 3.60.